The number of nitrogens with zero attached hydrogens (tertiary/aromatic N) is 1. The van der Waals surface area contributed by atoms with Gasteiger partial charge in [-0.15, -0.1) is 0 Å². The lowest BCUT2D eigenvalue weighted by molar-refractivity contribution is 0.0257. The summed E-state index contributed by atoms with van der Waals surface area (Å²) in [6.45, 7) is 3.86. The summed E-state index contributed by atoms with van der Waals surface area (Å²) in [5.41, 5.74) is 3.07. The smallest absolute Gasteiger partial charge is 0.338 e. The molecule has 0 aliphatic carbocycles. The Bertz CT molecular complexity index is 879. The summed E-state index contributed by atoms with van der Waals surface area (Å²) < 4.78 is 21.0. The molecule has 0 amide bonds. The monoisotopic (exact) mass is 444 g/mol. The third kappa shape index (κ3) is 6.12. The van der Waals surface area contributed by atoms with Gasteiger partial charge in [0.25, 0.3) is 0 Å². The number of aliphatic hydroxyl groups is 1. The number of nitrogens with one attached hydrogen (secondary N) is 1. The minimum atomic E-state index is -0.803. The zero-order chi connectivity index (χ0) is 22.9. The molecule has 0 spiro atoms. The first-order chi connectivity index (χ1) is 15.5. The summed E-state index contributed by atoms with van der Waals surface area (Å²) in [6, 6.07) is 11.6. The van der Waals surface area contributed by atoms with Gasteiger partial charge in [0, 0.05) is 32.7 Å². The molecule has 1 aliphatic rings. The van der Waals surface area contributed by atoms with Crippen LogP contribution in [-0.2, 0) is 17.7 Å². The highest BCUT2D eigenvalue weighted by atomic mass is 16.5. The van der Waals surface area contributed by atoms with Gasteiger partial charge in [0.2, 0.25) is 5.75 Å². The molecule has 0 bridgehead atoms. The molecule has 8 heteroatoms. The van der Waals surface area contributed by atoms with Crippen LogP contribution in [0.5, 0.6) is 17.2 Å². The Morgan fingerprint density at radius 2 is 1.78 bits per heavy atom. The molecule has 0 saturated carbocycles. The first-order valence-electron chi connectivity index (χ1n) is 10.7. The summed E-state index contributed by atoms with van der Waals surface area (Å²) >= 11 is 0. The maximum atomic E-state index is 12.4. The SMILES string of the molecule is COc1cc(C(=O)OCC(O)CNCCN2CCc3ccccc3C2)cc(OC)c1OC. The highest BCUT2D eigenvalue weighted by molar-refractivity contribution is 5.91. The van der Waals surface area contributed by atoms with Crippen molar-refractivity contribution in [3.63, 3.8) is 0 Å². The summed E-state index contributed by atoms with van der Waals surface area (Å²) in [6.07, 6.45) is 0.262. The summed E-state index contributed by atoms with van der Waals surface area (Å²) in [5, 5.41) is 13.4. The zero-order valence-corrected chi connectivity index (χ0v) is 18.9. The van der Waals surface area contributed by atoms with Crippen LogP contribution in [0.1, 0.15) is 21.5 Å². The van der Waals surface area contributed by atoms with Gasteiger partial charge in [-0.05, 0) is 29.7 Å². The lowest BCUT2D eigenvalue weighted by atomic mass is 10.00. The van der Waals surface area contributed by atoms with Crippen molar-refractivity contribution in [1.82, 2.24) is 10.2 Å². The molecule has 1 atom stereocenters. The number of carbonyl (C=O) groups is 1. The van der Waals surface area contributed by atoms with Crippen molar-refractivity contribution in [2.24, 2.45) is 0 Å². The number of carbonyl (C=O) groups excluding carboxylic acids is 1. The van der Waals surface area contributed by atoms with Crippen LogP contribution in [-0.4, -0.2) is 76.2 Å². The van der Waals surface area contributed by atoms with E-state index in [2.05, 4.69) is 34.5 Å². The van der Waals surface area contributed by atoms with Crippen LogP contribution >= 0.6 is 0 Å². The van der Waals surface area contributed by atoms with Gasteiger partial charge in [-0.3, -0.25) is 4.90 Å². The van der Waals surface area contributed by atoms with Crippen molar-refractivity contribution in [2.75, 3.05) is 54.1 Å². The Labute approximate surface area is 189 Å². The molecule has 2 aromatic rings. The van der Waals surface area contributed by atoms with Crippen molar-refractivity contribution < 1.29 is 28.8 Å². The third-order valence-electron chi connectivity index (χ3n) is 5.50. The van der Waals surface area contributed by atoms with E-state index < -0.39 is 12.1 Å². The second-order valence-corrected chi connectivity index (χ2v) is 7.67. The van der Waals surface area contributed by atoms with Gasteiger partial charge in [0.05, 0.1) is 26.9 Å². The molecule has 1 heterocycles. The summed E-state index contributed by atoms with van der Waals surface area (Å²) in [4.78, 5) is 14.8. The third-order valence-corrected chi connectivity index (χ3v) is 5.50. The standard InChI is InChI=1S/C24H32N2O6/c1-29-21-12-19(13-22(30-2)23(21)31-3)24(28)32-16-20(27)14-25-9-11-26-10-8-17-6-4-5-7-18(17)15-26/h4-7,12-13,20,25,27H,8-11,14-16H2,1-3H3. The van der Waals surface area contributed by atoms with Crippen molar-refractivity contribution >= 4 is 5.97 Å². The molecule has 1 aliphatic heterocycles. The van der Waals surface area contributed by atoms with Gasteiger partial charge in [0.1, 0.15) is 12.7 Å². The van der Waals surface area contributed by atoms with Crippen molar-refractivity contribution in [3.05, 3.63) is 53.1 Å². The van der Waals surface area contributed by atoms with Crippen LogP contribution in [0.4, 0.5) is 0 Å². The number of hydrogen-bond donors (Lipinski definition) is 2. The second kappa shape index (κ2) is 11.7. The predicted octanol–water partition coefficient (Wildman–Crippen LogP) is 1.88. The molecule has 2 aromatic carbocycles. The minimum absolute atomic E-state index is 0.112. The fourth-order valence-electron chi connectivity index (χ4n) is 3.76. The number of aliphatic hydroxyl groups excluding tert-OH is 1. The first kappa shape index (κ1) is 23.8. The Balaban J connectivity index is 1.39. The van der Waals surface area contributed by atoms with E-state index in [9.17, 15) is 9.90 Å². The van der Waals surface area contributed by atoms with Crippen molar-refractivity contribution in [2.45, 2.75) is 19.1 Å². The Morgan fingerprint density at radius 3 is 2.44 bits per heavy atom. The predicted molar refractivity (Wildman–Crippen MR) is 121 cm³/mol. The average molecular weight is 445 g/mol. The molecule has 3 rings (SSSR count). The number of ether oxygens (including phenoxy) is 4. The van der Waals surface area contributed by atoms with Crippen LogP contribution in [0.2, 0.25) is 0 Å². The molecule has 2 N–H and O–H groups in total. The van der Waals surface area contributed by atoms with E-state index in [-0.39, 0.29) is 12.2 Å². The van der Waals surface area contributed by atoms with E-state index in [1.165, 1.54) is 44.6 Å². The summed E-state index contributed by atoms with van der Waals surface area (Å²) in [7, 11) is 4.45. The number of benzene rings is 2. The van der Waals surface area contributed by atoms with Crippen LogP contribution in [0.15, 0.2) is 36.4 Å². The highest BCUT2D eigenvalue weighted by Crippen LogP contribution is 2.38. The van der Waals surface area contributed by atoms with Crippen LogP contribution in [0.25, 0.3) is 0 Å². The Hall–Kier alpha value is -2.81. The maximum Gasteiger partial charge on any atom is 0.338 e. The largest absolute Gasteiger partial charge is 0.493 e. The molecular weight excluding hydrogens is 412 g/mol. The number of hydrogen-bond acceptors (Lipinski definition) is 8. The van der Waals surface area contributed by atoms with Gasteiger partial charge in [-0.1, -0.05) is 24.3 Å². The van der Waals surface area contributed by atoms with E-state index in [1.54, 1.807) is 0 Å². The number of fused-ring (bicyclic) bond motifs is 1. The molecule has 1 unspecified atom stereocenters. The molecular formula is C24H32N2O6. The Morgan fingerprint density at radius 1 is 1.09 bits per heavy atom. The number of rotatable bonds is 11. The molecule has 0 fully saturated rings. The van der Waals surface area contributed by atoms with Gasteiger partial charge >= 0.3 is 5.97 Å². The van der Waals surface area contributed by atoms with Gasteiger partial charge < -0.3 is 29.4 Å². The highest BCUT2D eigenvalue weighted by Gasteiger charge is 2.19. The first-order valence-corrected chi connectivity index (χ1v) is 10.7. The fraction of sp³-hybridized carbons (Fsp3) is 0.458. The number of esters is 1. The van der Waals surface area contributed by atoms with Crippen molar-refractivity contribution in [3.8, 4) is 17.2 Å². The normalized spacial score (nSPS) is 14.4. The quantitative estimate of drug-likeness (QED) is 0.401. The molecule has 174 valence electrons. The van der Waals surface area contributed by atoms with E-state index in [4.69, 9.17) is 18.9 Å². The van der Waals surface area contributed by atoms with Crippen molar-refractivity contribution in [1.29, 1.82) is 0 Å². The van der Waals surface area contributed by atoms with Crippen LogP contribution in [0.3, 0.4) is 0 Å². The van der Waals surface area contributed by atoms with Gasteiger partial charge in [-0.2, -0.15) is 0 Å². The number of methoxy groups -OCH3 is 3. The van der Waals surface area contributed by atoms with Gasteiger partial charge in [-0.25, -0.2) is 4.79 Å². The molecule has 0 saturated heterocycles. The van der Waals surface area contributed by atoms with E-state index >= 15 is 0 Å². The van der Waals surface area contributed by atoms with Crippen LogP contribution < -0.4 is 19.5 Å². The van der Waals surface area contributed by atoms with Gasteiger partial charge in [0.15, 0.2) is 11.5 Å². The fourth-order valence-corrected chi connectivity index (χ4v) is 3.76. The Kier molecular flexibility index (Phi) is 8.72. The maximum absolute atomic E-state index is 12.4. The van der Waals surface area contributed by atoms with Crippen LogP contribution in [0, 0.1) is 0 Å². The topological polar surface area (TPSA) is 89.5 Å². The molecule has 0 radical (unpaired) electrons. The lowest BCUT2D eigenvalue weighted by Gasteiger charge is -2.28. The van der Waals surface area contributed by atoms with E-state index in [0.717, 1.165) is 32.6 Å². The van der Waals surface area contributed by atoms with E-state index in [1.807, 2.05) is 0 Å². The molecule has 0 aromatic heterocycles. The lowest BCUT2D eigenvalue weighted by Crippen LogP contribution is -2.39. The molecule has 8 nitrogen and oxygen atoms in total. The average Bonchev–Trinajstić information content (AvgIpc) is 2.83. The van der Waals surface area contributed by atoms with E-state index in [0.29, 0.717) is 23.8 Å². The second-order valence-electron chi connectivity index (χ2n) is 7.67. The summed E-state index contributed by atoms with van der Waals surface area (Å²) in [5.74, 6) is 0.547. The zero-order valence-electron chi connectivity index (χ0n) is 18.9. The molecule has 32 heavy (non-hydrogen) atoms. The minimum Gasteiger partial charge on any atom is -0.493 e.